The average Bonchev–Trinajstić information content (AvgIpc) is 2.55. The summed E-state index contributed by atoms with van der Waals surface area (Å²) in [5.74, 6) is -1.89. The Morgan fingerprint density at radius 1 is 1.12 bits per heavy atom. The normalized spacial score (nSPS) is 12.5. The molecule has 2 N–H and O–H groups in total. The highest BCUT2D eigenvalue weighted by atomic mass is 32.2. The zero-order valence-electron chi connectivity index (χ0n) is 13.7. The quantitative estimate of drug-likeness (QED) is 0.768. The highest BCUT2D eigenvalue weighted by Crippen LogP contribution is 2.20. The maximum atomic E-state index is 13.2. The van der Waals surface area contributed by atoms with Crippen LogP contribution >= 0.6 is 12.2 Å². The lowest BCUT2D eigenvalue weighted by molar-refractivity contribution is 0.509. The van der Waals surface area contributed by atoms with Crippen LogP contribution in [0.25, 0.3) is 0 Å². The molecule has 0 bridgehead atoms. The molecule has 0 aliphatic heterocycles. The Balaban J connectivity index is 2.08. The molecule has 0 heterocycles. The van der Waals surface area contributed by atoms with Crippen molar-refractivity contribution in [3.8, 4) is 0 Å². The van der Waals surface area contributed by atoms with Gasteiger partial charge in [-0.3, -0.25) is 0 Å². The molecule has 0 spiro atoms. The Kier molecular flexibility index (Phi) is 6.07. The fourth-order valence-corrected chi connectivity index (χ4v) is 3.16. The fraction of sp³-hybridized carbons (Fsp3) is 0.235. The molecular weight excluding hydrogens is 366 g/mol. The molecule has 0 aromatic heterocycles. The molecule has 0 fully saturated rings. The lowest BCUT2D eigenvalue weighted by Crippen LogP contribution is -2.32. The van der Waals surface area contributed by atoms with Crippen molar-refractivity contribution in [2.24, 2.45) is 0 Å². The number of halogens is 2. The molecule has 0 aliphatic rings. The van der Waals surface area contributed by atoms with Crippen LogP contribution in [-0.2, 0) is 9.84 Å². The number of thiocarbonyl (C=S) groups is 1. The third-order valence-corrected chi connectivity index (χ3v) is 4.95. The molecule has 1 atom stereocenters. The summed E-state index contributed by atoms with van der Waals surface area (Å²) in [7, 11) is -3.25. The van der Waals surface area contributed by atoms with E-state index in [2.05, 4.69) is 10.6 Å². The summed E-state index contributed by atoms with van der Waals surface area (Å²) in [5, 5.41) is 6.13. The first-order valence-electron chi connectivity index (χ1n) is 7.53. The smallest absolute Gasteiger partial charge is 0.175 e. The van der Waals surface area contributed by atoms with Crippen molar-refractivity contribution in [1.82, 2.24) is 5.32 Å². The molecule has 2 rings (SSSR count). The zero-order valence-corrected chi connectivity index (χ0v) is 15.3. The lowest BCUT2D eigenvalue weighted by Gasteiger charge is -2.20. The van der Waals surface area contributed by atoms with Gasteiger partial charge in [-0.05, 0) is 48.5 Å². The number of hydrogen-bond donors (Lipinski definition) is 2. The van der Waals surface area contributed by atoms with Gasteiger partial charge in [0.05, 0.1) is 10.9 Å². The van der Waals surface area contributed by atoms with Crippen LogP contribution < -0.4 is 10.6 Å². The van der Waals surface area contributed by atoms with E-state index in [-0.39, 0.29) is 16.0 Å². The first kappa shape index (κ1) is 19.3. The first-order valence-corrected chi connectivity index (χ1v) is 9.83. The summed E-state index contributed by atoms with van der Waals surface area (Å²) in [6.45, 7) is 1.95. The number of benzene rings is 2. The number of nitrogens with one attached hydrogen (secondary N) is 2. The number of anilines is 1. The Bertz CT molecular complexity index is 869. The molecule has 0 unspecified atom stereocenters. The van der Waals surface area contributed by atoms with Gasteiger partial charge in [-0.25, -0.2) is 17.2 Å². The molecular formula is C17H18F2N2O2S2. The lowest BCUT2D eigenvalue weighted by atomic mass is 10.1. The number of hydrogen-bond acceptors (Lipinski definition) is 3. The number of sulfone groups is 1. The van der Waals surface area contributed by atoms with E-state index in [0.29, 0.717) is 12.1 Å². The second-order valence-electron chi connectivity index (χ2n) is 5.53. The van der Waals surface area contributed by atoms with Crippen LogP contribution in [0.1, 0.15) is 24.9 Å². The Hall–Kier alpha value is -2.06. The van der Waals surface area contributed by atoms with Gasteiger partial charge in [0.2, 0.25) is 0 Å². The molecule has 0 radical (unpaired) electrons. The second-order valence-corrected chi connectivity index (χ2v) is 7.95. The fourth-order valence-electron chi connectivity index (χ4n) is 2.27. The van der Waals surface area contributed by atoms with Crippen molar-refractivity contribution in [3.05, 3.63) is 59.7 Å². The van der Waals surface area contributed by atoms with Crippen LogP contribution in [0.2, 0.25) is 0 Å². The molecule has 0 amide bonds. The van der Waals surface area contributed by atoms with Crippen LogP contribution in [0.15, 0.2) is 47.4 Å². The SMILES string of the molecule is CC[C@@H](NC(=S)Nc1ccc(F)c(F)c1)c1ccc(S(C)(=O)=O)cc1. The zero-order chi connectivity index (χ0) is 18.6. The maximum absolute atomic E-state index is 13.2. The third-order valence-electron chi connectivity index (χ3n) is 3.60. The Morgan fingerprint density at radius 2 is 1.76 bits per heavy atom. The molecule has 0 saturated heterocycles. The third kappa shape index (κ3) is 5.20. The van der Waals surface area contributed by atoms with Gasteiger partial charge in [0.1, 0.15) is 0 Å². The molecule has 8 heteroatoms. The molecule has 4 nitrogen and oxygen atoms in total. The molecule has 134 valence electrons. The molecule has 0 saturated carbocycles. The van der Waals surface area contributed by atoms with Gasteiger partial charge in [0.25, 0.3) is 0 Å². The Labute approximate surface area is 151 Å². The van der Waals surface area contributed by atoms with Crippen molar-refractivity contribution in [3.63, 3.8) is 0 Å². The minimum absolute atomic E-state index is 0.154. The maximum Gasteiger partial charge on any atom is 0.175 e. The van der Waals surface area contributed by atoms with Gasteiger partial charge in [-0.2, -0.15) is 0 Å². The van der Waals surface area contributed by atoms with Gasteiger partial charge >= 0.3 is 0 Å². The second kappa shape index (κ2) is 7.88. The van der Waals surface area contributed by atoms with Crippen LogP contribution in [0.3, 0.4) is 0 Å². The van der Waals surface area contributed by atoms with Crippen molar-refractivity contribution in [2.75, 3.05) is 11.6 Å². The Morgan fingerprint density at radius 3 is 2.28 bits per heavy atom. The summed E-state index contributed by atoms with van der Waals surface area (Å²) < 4.78 is 49.2. The minimum Gasteiger partial charge on any atom is -0.356 e. The largest absolute Gasteiger partial charge is 0.356 e. The van der Waals surface area contributed by atoms with Crippen molar-refractivity contribution >= 4 is 32.9 Å². The monoisotopic (exact) mass is 384 g/mol. The van der Waals surface area contributed by atoms with Gasteiger partial charge in [-0.15, -0.1) is 0 Å². The summed E-state index contributed by atoms with van der Waals surface area (Å²) in [6.07, 6.45) is 1.84. The van der Waals surface area contributed by atoms with Crippen LogP contribution in [0, 0.1) is 11.6 Å². The van der Waals surface area contributed by atoms with Crippen LogP contribution in [-0.4, -0.2) is 19.8 Å². The highest BCUT2D eigenvalue weighted by Gasteiger charge is 2.13. The predicted molar refractivity (Wildman–Crippen MR) is 98.3 cm³/mol. The predicted octanol–water partition coefficient (Wildman–Crippen LogP) is 3.81. The van der Waals surface area contributed by atoms with Gasteiger partial charge in [0, 0.05) is 18.0 Å². The van der Waals surface area contributed by atoms with E-state index in [1.165, 1.54) is 6.07 Å². The highest BCUT2D eigenvalue weighted by molar-refractivity contribution is 7.90. The van der Waals surface area contributed by atoms with Crippen molar-refractivity contribution < 1.29 is 17.2 Å². The van der Waals surface area contributed by atoms with E-state index in [1.807, 2.05) is 6.92 Å². The van der Waals surface area contributed by atoms with Crippen molar-refractivity contribution in [2.45, 2.75) is 24.3 Å². The van der Waals surface area contributed by atoms with Crippen LogP contribution in [0.5, 0.6) is 0 Å². The van der Waals surface area contributed by atoms with E-state index in [1.54, 1.807) is 24.3 Å². The summed E-state index contributed by atoms with van der Waals surface area (Å²) in [6, 6.07) is 9.79. The van der Waals surface area contributed by atoms with Gasteiger partial charge in [0.15, 0.2) is 26.6 Å². The van der Waals surface area contributed by atoms with E-state index in [4.69, 9.17) is 12.2 Å². The van der Waals surface area contributed by atoms with E-state index in [0.717, 1.165) is 24.0 Å². The van der Waals surface area contributed by atoms with Gasteiger partial charge < -0.3 is 10.6 Å². The summed E-state index contributed by atoms with van der Waals surface area (Å²) in [4.78, 5) is 0.244. The van der Waals surface area contributed by atoms with Crippen molar-refractivity contribution in [1.29, 1.82) is 0 Å². The van der Waals surface area contributed by atoms with E-state index in [9.17, 15) is 17.2 Å². The van der Waals surface area contributed by atoms with Crippen LogP contribution in [0.4, 0.5) is 14.5 Å². The minimum atomic E-state index is -3.25. The molecule has 0 aliphatic carbocycles. The molecule has 2 aromatic rings. The summed E-state index contributed by atoms with van der Waals surface area (Å²) >= 11 is 5.21. The molecule has 25 heavy (non-hydrogen) atoms. The average molecular weight is 384 g/mol. The number of rotatable bonds is 5. The summed E-state index contributed by atoms with van der Waals surface area (Å²) in [5.41, 5.74) is 1.20. The van der Waals surface area contributed by atoms with Gasteiger partial charge in [-0.1, -0.05) is 19.1 Å². The van der Waals surface area contributed by atoms with E-state index >= 15 is 0 Å². The standard InChI is InChI=1S/C17H18F2N2O2S2/c1-3-16(11-4-7-13(8-5-11)25(2,22)23)21-17(24)20-12-6-9-14(18)15(19)10-12/h4-10,16H,3H2,1-2H3,(H2,20,21,24)/t16-/m1/s1. The van der Waals surface area contributed by atoms with E-state index < -0.39 is 21.5 Å². The molecule has 2 aromatic carbocycles. The topological polar surface area (TPSA) is 58.2 Å². The first-order chi connectivity index (χ1) is 11.7.